The molecule has 3 rings (SSSR count). The molecule has 0 radical (unpaired) electrons. The molecule has 0 bridgehead atoms. The van der Waals surface area contributed by atoms with Gasteiger partial charge in [0.1, 0.15) is 5.69 Å². The molecule has 1 aromatic carbocycles. The van der Waals surface area contributed by atoms with Crippen LogP contribution >= 0.6 is 11.3 Å². The Bertz CT molecular complexity index is 958. The standard InChI is InChI=1S/C19H18N2O8S/c22-14(17-3-1-8-30-17)4-5-19(24)29-11-18(23)20-12-9-15-16(10-13(12)21(25)26)28-7-2-6-27-15/h1,3,8-10H,2,4-7,11H2,(H,20,23). The summed E-state index contributed by atoms with van der Waals surface area (Å²) in [5, 5.41) is 15.4. The van der Waals surface area contributed by atoms with E-state index in [4.69, 9.17) is 14.2 Å². The molecule has 1 amide bonds. The highest BCUT2D eigenvalue weighted by Crippen LogP contribution is 2.39. The van der Waals surface area contributed by atoms with Crippen LogP contribution in [0.4, 0.5) is 11.4 Å². The van der Waals surface area contributed by atoms with Gasteiger partial charge in [0.25, 0.3) is 11.6 Å². The maximum absolute atomic E-state index is 12.1. The molecule has 0 aliphatic carbocycles. The molecular formula is C19H18N2O8S. The zero-order chi connectivity index (χ0) is 21.5. The van der Waals surface area contributed by atoms with Crippen LogP contribution in [-0.4, -0.2) is 42.4 Å². The molecule has 0 fully saturated rings. The van der Waals surface area contributed by atoms with Gasteiger partial charge < -0.3 is 19.5 Å². The van der Waals surface area contributed by atoms with Crippen LogP contribution in [0.5, 0.6) is 11.5 Å². The third-order valence-electron chi connectivity index (χ3n) is 4.05. The summed E-state index contributed by atoms with van der Waals surface area (Å²) in [6.07, 6.45) is 0.415. The lowest BCUT2D eigenvalue weighted by molar-refractivity contribution is -0.384. The van der Waals surface area contributed by atoms with Crippen LogP contribution in [0.15, 0.2) is 29.6 Å². The molecule has 158 valence electrons. The first kappa shape index (κ1) is 21.2. The van der Waals surface area contributed by atoms with E-state index in [1.165, 1.54) is 23.5 Å². The first-order valence-corrected chi connectivity index (χ1v) is 9.92. The number of nitro benzene ring substituents is 1. The second-order valence-corrected chi connectivity index (χ2v) is 7.18. The van der Waals surface area contributed by atoms with E-state index in [-0.39, 0.29) is 41.5 Å². The Hall–Kier alpha value is -3.47. The Morgan fingerprint density at radius 3 is 2.57 bits per heavy atom. The molecule has 0 saturated heterocycles. The van der Waals surface area contributed by atoms with Gasteiger partial charge in [-0.25, -0.2) is 0 Å². The predicted molar refractivity (Wildman–Crippen MR) is 106 cm³/mol. The van der Waals surface area contributed by atoms with Crippen molar-refractivity contribution in [2.75, 3.05) is 25.1 Å². The molecule has 1 aliphatic heterocycles. The molecular weight excluding hydrogens is 416 g/mol. The third-order valence-corrected chi connectivity index (χ3v) is 4.96. The van der Waals surface area contributed by atoms with Crippen molar-refractivity contribution in [3.05, 3.63) is 44.6 Å². The van der Waals surface area contributed by atoms with E-state index < -0.39 is 23.4 Å². The third kappa shape index (κ3) is 5.54. The number of hydrogen-bond donors (Lipinski definition) is 1. The maximum Gasteiger partial charge on any atom is 0.306 e. The van der Waals surface area contributed by atoms with E-state index >= 15 is 0 Å². The van der Waals surface area contributed by atoms with Gasteiger partial charge in [-0.1, -0.05) is 6.07 Å². The molecule has 0 spiro atoms. The minimum atomic E-state index is -0.759. The minimum absolute atomic E-state index is 0.0331. The van der Waals surface area contributed by atoms with E-state index in [0.29, 0.717) is 24.5 Å². The summed E-state index contributed by atoms with van der Waals surface area (Å²) in [5.41, 5.74) is -0.473. The molecule has 11 heteroatoms. The van der Waals surface area contributed by atoms with Crippen molar-refractivity contribution in [1.29, 1.82) is 0 Å². The Kier molecular flexibility index (Phi) is 6.96. The lowest BCUT2D eigenvalue weighted by Crippen LogP contribution is -2.21. The molecule has 0 atom stereocenters. The van der Waals surface area contributed by atoms with Gasteiger partial charge in [-0.05, 0) is 11.4 Å². The van der Waals surface area contributed by atoms with Crippen LogP contribution in [0.3, 0.4) is 0 Å². The summed E-state index contributed by atoms with van der Waals surface area (Å²) in [5.74, 6) is -1.17. The van der Waals surface area contributed by atoms with Gasteiger partial charge in [-0.3, -0.25) is 24.5 Å². The average molecular weight is 434 g/mol. The molecule has 1 aromatic heterocycles. The number of nitrogens with zero attached hydrogens (tertiary/aromatic N) is 1. The summed E-state index contributed by atoms with van der Waals surface area (Å²) >= 11 is 1.28. The first-order chi connectivity index (χ1) is 14.4. The lowest BCUT2D eigenvalue weighted by Gasteiger charge is -2.11. The second kappa shape index (κ2) is 9.83. The van der Waals surface area contributed by atoms with Crippen LogP contribution in [0, 0.1) is 10.1 Å². The quantitative estimate of drug-likeness (QED) is 0.290. The van der Waals surface area contributed by atoms with Gasteiger partial charge in [0.05, 0.1) is 35.5 Å². The van der Waals surface area contributed by atoms with E-state index in [1.807, 2.05) is 0 Å². The number of hydrogen-bond acceptors (Lipinski definition) is 9. The summed E-state index contributed by atoms with van der Waals surface area (Å²) < 4.78 is 15.7. The monoisotopic (exact) mass is 434 g/mol. The van der Waals surface area contributed by atoms with Crippen molar-refractivity contribution < 1.29 is 33.5 Å². The van der Waals surface area contributed by atoms with E-state index in [2.05, 4.69) is 5.32 Å². The number of rotatable bonds is 8. The Labute approximate surface area is 174 Å². The van der Waals surface area contributed by atoms with Crippen LogP contribution in [-0.2, 0) is 14.3 Å². The Balaban J connectivity index is 1.55. The average Bonchev–Trinajstić information content (AvgIpc) is 3.16. The van der Waals surface area contributed by atoms with Crippen LogP contribution in [0.1, 0.15) is 28.9 Å². The van der Waals surface area contributed by atoms with Crippen molar-refractivity contribution in [1.82, 2.24) is 0 Å². The predicted octanol–water partition coefficient (Wildman–Crippen LogP) is 2.96. The van der Waals surface area contributed by atoms with Crippen LogP contribution in [0.2, 0.25) is 0 Å². The Morgan fingerprint density at radius 1 is 1.17 bits per heavy atom. The fourth-order valence-electron chi connectivity index (χ4n) is 2.63. The number of fused-ring (bicyclic) bond motifs is 1. The number of thiophene rings is 1. The molecule has 0 unspecified atom stereocenters. The van der Waals surface area contributed by atoms with Crippen molar-refractivity contribution in [2.45, 2.75) is 19.3 Å². The highest BCUT2D eigenvalue weighted by atomic mass is 32.1. The maximum atomic E-state index is 12.1. The minimum Gasteiger partial charge on any atom is -0.489 e. The largest absolute Gasteiger partial charge is 0.489 e. The number of anilines is 1. The number of ether oxygens (including phenoxy) is 3. The number of amides is 1. The molecule has 30 heavy (non-hydrogen) atoms. The van der Waals surface area contributed by atoms with Crippen molar-refractivity contribution in [3.8, 4) is 11.5 Å². The van der Waals surface area contributed by atoms with Gasteiger partial charge in [-0.2, -0.15) is 0 Å². The number of benzene rings is 1. The topological polar surface area (TPSA) is 134 Å². The van der Waals surface area contributed by atoms with Crippen molar-refractivity contribution >= 4 is 40.4 Å². The fraction of sp³-hybridized carbons (Fsp3) is 0.316. The normalized spacial score (nSPS) is 12.5. The molecule has 1 aliphatic rings. The summed E-state index contributed by atoms with van der Waals surface area (Å²) in [6.45, 7) is 0.0957. The van der Waals surface area contributed by atoms with Gasteiger partial charge in [0, 0.05) is 18.9 Å². The number of ketones is 1. The number of carbonyl (C=O) groups excluding carboxylic acids is 3. The number of Topliss-reactive ketones (excluding diaryl/α,β-unsaturated/α-hetero) is 1. The van der Waals surface area contributed by atoms with Crippen molar-refractivity contribution in [3.63, 3.8) is 0 Å². The highest BCUT2D eigenvalue weighted by molar-refractivity contribution is 7.12. The zero-order valence-electron chi connectivity index (χ0n) is 15.8. The van der Waals surface area contributed by atoms with Crippen molar-refractivity contribution in [2.24, 2.45) is 0 Å². The Morgan fingerprint density at radius 2 is 1.90 bits per heavy atom. The highest BCUT2D eigenvalue weighted by Gasteiger charge is 2.23. The van der Waals surface area contributed by atoms with Gasteiger partial charge in [0.15, 0.2) is 23.9 Å². The lowest BCUT2D eigenvalue weighted by atomic mass is 10.2. The molecule has 2 aromatic rings. The van der Waals surface area contributed by atoms with Gasteiger partial charge >= 0.3 is 5.97 Å². The first-order valence-electron chi connectivity index (χ1n) is 9.04. The van der Waals surface area contributed by atoms with E-state index in [0.717, 1.165) is 0 Å². The molecule has 10 nitrogen and oxygen atoms in total. The van der Waals surface area contributed by atoms with Gasteiger partial charge in [0.2, 0.25) is 0 Å². The second-order valence-electron chi connectivity index (χ2n) is 6.23. The van der Waals surface area contributed by atoms with E-state index in [9.17, 15) is 24.5 Å². The smallest absolute Gasteiger partial charge is 0.306 e. The SMILES string of the molecule is O=C(COC(=O)CCC(=O)c1cccs1)Nc1cc2c(cc1[N+](=O)[O-])OCCCO2. The summed E-state index contributed by atoms with van der Waals surface area (Å²) in [7, 11) is 0. The molecule has 0 saturated carbocycles. The molecule has 2 heterocycles. The van der Waals surface area contributed by atoms with Crippen LogP contribution < -0.4 is 14.8 Å². The van der Waals surface area contributed by atoms with E-state index in [1.54, 1.807) is 17.5 Å². The van der Waals surface area contributed by atoms with Crippen LogP contribution in [0.25, 0.3) is 0 Å². The zero-order valence-corrected chi connectivity index (χ0v) is 16.6. The summed E-state index contributed by atoms with van der Waals surface area (Å²) in [4.78, 5) is 47.0. The number of esters is 1. The number of nitrogens with one attached hydrogen (secondary N) is 1. The van der Waals surface area contributed by atoms with Gasteiger partial charge in [-0.15, -0.1) is 11.3 Å². The number of nitro groups is 1. The number of carbonyl (C=O) groups is 3. The molecule has 1 N–H and O–H groups in total. The fourth-order valence-corrected chi connectivity index (χ4v) is 3.32. The summed E-state index contributed by atoms with van der Waals surface area (Å²) in [6, 6.07) is 5.88.